The van der Waals surface area contributed by atoms with E-state index in [1.54, 1.807) is 36.8 Å². The Morgan fingerprint density at radius 2 is 1.68 bits per heavy atom. The number of amides is 5. The molecule has 2 aromatic carbocycles. The highest BCUT2D eigenvalue weighted by atomic mass is 35.5. The molecule has 4 fully saturated rings. The van der Waals surface area contributed by atoms with Crippen molar-refractivity contribution in [2.75, 3.05) is 43.4 Å². The van der Waals surface area contributed by atoms with Crippen LogP contribution in [-0.4, -0.2) is 104 Å². The molecule has 0 radical (unpaired) electrons. The van der Waals surface area contributed by atoms with Gasteiger partial charge in [-0.1, -0.05) is 29.8 Å². The van der Waals surface area contributed by atoms with Crippen molar-refractivity contribution in [2.24, 2.45) is 5.92 Å². The number of halogens is 1. The van der Waals surface area contributed by atoms with Crippen LogP contribution in [0.25, 0.3) is 11.3 Å². The molecule has 60 heavy (non-hydrogen) atoms. The van der Waals surface area contributed by atoms with Crippen molar-refractivity contribution in [2.45, 2.75) is 76.0 Å². The molecule has 5 aliphatic rings. The van der Waals surface area contributed by atoms with Crippen molar-refractivity contribution in [3.63, 3.8) is 0 Å². The summed E-state index contributed by atoms with van der Waals surface area (Å²) in [5, 5.41) is 9.01. The van der Waals surface area contributed by atoms with E-state index in [0.717, 1.165) is 11.1 Å². The lowest BCUT2D eigenvalue weighted by atomic mass is 9.95. The first kappa shape index (κ1) is 39.5. The molecular weight excluding hydrogens is 786 g/mol. The first-order valence-corrected chi connectivity index (χ1v) is 21.1. The van der Waals surface area contributed by atoms with Crippen LogP contribution in [0.15, 0.2) is 67.1 Å². The zero-order valence-corrected chi connectivity index (χ0v) is 33.8. The predicted molar refractivity (Wildman–Crippen MR) is 222 cm³/mol. The van der Waals surface area contributed by atoms with E-state index in [2.05, 4.69) is 43.0 Å². The number of pyridine rings is 1. The molecule has 6 heterocycles. The number of nitrogens with zero attached hydrogens (tertiary/aromatic N) is 6. The number of aromatic nitrogens is 3. The number of piperidine rings is 3. The third-order valence-electron chi connectivity index (χ3n) is 12.1. The number of hydrogen-bond acceptors (Lipinski definition) is 11. The van der Waals surface area contributed by atoms with Gasteiger partial charge in [-0.15, -0.1) is 0 Å². The van der Waals surface area contributed by atoms with E-state index in [9.17, 15) is 24.0 Å². The Morgan fingerprint density at radius 3 is 2.47 bits per heavy atom. The normalized spacial score (nSPS) is 20.1. The van der Waals surface area contributed by atoms with Crippen molar-refractivity contribution in [1.29, 1.82) is 0 Å². The van der Waals surface area contributed by atoms with Crippen LogP contribution in [0, 0.1) is 5.92 Å². The molecule has 1 unspecified atom stereocenters. The monoisotopic (exact) mass is 831 g/mol. The molecule has 15 nitrogen and oxygen atoms in total. The Kier molecular flexibility index (Phi) is 11.2. The largest absolute Gasteiger partial charge is 0.490 e. The molecule has 310 valence electrons. The highest BCUT2D eigenvalue weighted by Gasteiger charge is 2.39. The Balaban J connectivity index is 0.709. The summed E-state index contributed by atoms with van der Waals surface area (Å²) in [6, 6.07) is 14.8. The number of carbonyl (C=O) groups is 5. The molecule has 3 saturated heterocycles. The van der Waals surface area contributed by atoms with Crippen LogP contribution in [0.1, 0.15) is 78.8 Å². The summed E-state index contributed by atoms with van der Waals surface area (Å²) in [5.41, 5.74) is 5.39. The number of likely N-dealkylation sites (tertiary alicyclic amines) is 2. The number of carbonyl (C=O) groups excluding carboxylic acids is 5. The minimum atomic E-state index is -0.664. The Labute approximate surface area is 352 Å². The second-order valence-electron chi connectivity index (χ2n) is 16.3. The summed E-state index contributed by atoms with van der Waals surface area (Å²) in [5.74, 6) is 0.459. The zero-order chi connectivity index (χ0) is 41.3. The zero-order valence-electron chi connectivity index (χ0n) is 33.1. The summed E-state index contributed by atoms with van der Waals surface area (Å²) in [7, 11) is 0. The maximum Gasteiger partial charge on any atom is 0.255 e. The summed E-state index contributed by atoms with van der Waals surface area (Å²) >= 11 is 6.51. The number of anilines is 3. The van der Waals surface area contributed by atoms with Gasteiger partial charge < -0.3 is 25.2 Å². The lowest BCUT2D eigenvalue weighted by Gasteiger charge is -2.35. The average molecular weight is 832 g/mol. The molecule has 1 saturated carbocycles. The molecule has 9 rings (SSSR count). The third-order valence-corrected chi connectivity index (χ3v) is 12.4. The molecule has 4 aliphatic heterocycles. The van der Waals surface area contributed by atoms with Gasteiger partial charge in [-0.3, -0.25) is 39.2 Å². The fraction of sp³-hybridized carbons (Fsp3) is 0.409. The molecule has 3 N–H and O–H groups in total. The van der Waals surface area contributed by atoms with Crippen LogP contribution >= 0.6 is 11.6 Å². The van der Waals surface area contributed by atoms with Crippen LogP contribution < -0.4 is 20.7 Å². The van der Waals surface area contributed by atoms with E-state index in [4.69, 9.17) is 21.3 Å². The molecule has 0 bridgehead atoms. The van der Waals surface area contributed by atoms with Gasteiger partial charge in [0.05, 0.1) is 47.2 Å². The molecule has 1 atom stereocenters. The molecule has 5 amide bonds. The Morgan fingerprint density at radius 1 is 0.883 bits per heavy atom. The van der Waals surface area contributed by atoms with Gasteiger partial charge in [-0.05, 0) is 92.6 Å². The Bertz CT molecular complexity index is 2340. The Hall–Kier alpha value is -5.93. The molecule has 0 spiro atoms. The van der Waals surface area contributed by atoms with Gasteiger partial charge in [0.1, 0.15) is 17.9 Å². The summed E-state index contributed by atoms with van der Waals surface area (Å²) in [6.45, 7) is 3.04. The van der Waals surface area contributed by atoms with E-state index in [1.807, 2.05) is 23.1 Å². The standard InChI is InChI=1S/C44H46ClN9O6/c45-36-23-47-44(51-40(36)29-3-1-2-28(18-29)26-4-5-26)49-32-20-31(21-46-22-32)48-41(57)27-10-14-52(15-11-27)25-39(56)53-16-12-33(13-17-53)60-34-6-7-35-30(19-34)24-54(43(35)59)37-8-9-38(55)50-42(37)58/h1-3,6-7,18-23,26-27,33,37H,4-5,8-17,24-25H2,(H,48,57)(H,47,49,51)(H,50,55,58). The lowest BCUT2D eigenvalue weighted by molar-refractivity contribution is -0.137. The third kappa shape index (κ3) is 8.82. The van der Waals surface area contributed by atoms with Crippen molar-refractivity contribution >= 4 is 58.5 Å². The summed E-state index contributed by atoms with van der Waals surface area (Å²) in [6.07, 6.45) is 10.3. The van der Waals surface area contributed by atoms with Crippen molar-refractivity contribution in [3.8, 4) is 17.0 Å². The van der Waals surface area contributed by atoms with E-state index in [1.165, 1.54) is 23.3 Å². The van der Waals surface area contributed by atoms with Gasteiger partial charge in [0.25, 0.3) is 5.91 Å². The minimum Gasteiger partial charge on any atom is -0.490 e. The number of fused-ring (bicyclic) bond motifs is 1. The van der Waals surface area contributed by atoms with E-state index in [0.29, 0.717) is 110 Å². The molecule has 1 aliphatic carbocycles. The van der Waals surface area contributed by atoms with Crippen LogP contribution in [0.3, 0.4) is 0 Å². The second kappa shape index (κ2) is 17.0. The maximum absolute atomic E-state index is 13.3. The van der Waals surface area contributed by atoms with Gasteiger partial charge in [0.15, 0.2) is 0 Å². The number of imide groups is 1. The second-order valence-corrected chi connectivity index (χ2v) is 16.7. The topological polar surface area (TPSA) is 179 Å². The number of hydrogen-bond donors (Lipinski definition) is 3. The van der Waals surface area contributed by atoms with Crippen molar-refractivity contribution < 1.29 is 28.7 Å². The SMILES string of the molecule is O=C1CCC(N2Cc3cc(OC4CCN(C(=O)CN5CCC(C(=O)Nc6cncc(Nc7ncc(Cl)c(-c8cccc(C9CC9)c8)n7)c6)CC5)CC4)ccc3C2=O)C(=O)N1. The van der Waals surface area contributed by atoms with Crippen LogP contribution in [0.4, 0.5) is 17.3 Å². The molecular formula is C44H46ClN9O6. The fourth-order valence-electron chi connectivity index (χ4n) is 8.62. The number of benzene rings is 2. The van der Waals surface area contributed by atoms with Crippen molar-refractivity contribution in [3.05, 3.63) is 88.8 Å². The van der Waals surface area contributed by atoms with E-state index in [-0.39, 0.29) is 48.6 Å². The van der Waals surface area contributed by atoms with Crippen LogP contribution in [-0.2, 0) is 25.7 Å². The lowest BCUT2D eigenvalue weighted by Crippen LogP contribution is -2.52. The first-order valence-electron chi connectivity index (χ1n) is 20.7. The summed E-state index contributed by atoms with van der Waals surface area (Å²) in [4.78, 5) is 82.6. The van der Waals surface area contributed by atoms with Gasteiger partial charge >= 0.3 is 0 Å². The van der Waals surface area contributed by atoms with E-state index >= 15 is 0 Å². The quantitative estimate of drug-likeness (QED) is 0.167. The molecule has 2 aromatic heterocycles. The highest BCUT2D eigenvalue weighted by molar-refractivity contribution is 6.32. The number of rotatable bonds is 11. The first-order chi connectivity index (χ1) is 29.1. The number of nitrogens with one attached hydrogen (secondary N) is 3. The van der Waals surface area contributed by atoms with Crippen LogP contribution in [0.2, 0.25) is 5.02 Å². The average Bonchev–Trinajstić information content (AvgIpc) is 4.06. The number of ether oxygens (including phenoxy) is 1. The molecule has 16 heteroatoms. The summed E-state index contributed by atoms with van der Waals surface area (Å²) < 4.78 is 6.30. The fourth-order valence-corrected chi connectivity index (χ4v) is 8.82. The maximum atomic E-state index is 13.3. The van der Waals surface area contributed by atoms with E-state index < -0.39 is 11.9 Å². The molecule has 4 aromatic rings. The predicted octanol–water partition coefficient (Wildman–Crippen LogP) is 5.29. The van der Waals surface area contributed by atoms with Gasteiger partial charge in [0, 0.05) is 55.9 Å². The van der Waals surface area contributed by atoms with Gasteiger partial charge in [-0.2, -0.15) is 0 Å². The highest BCUT2D eigenvalue weighted by Crippen LogP contribution is 2.41. The van der Waals surface area contributed by atoms with Gasteiger partial charge in [0.2, 0.25) is 29.6 Å². The minimum absolute atomic E-state index is 0.0693. The van der Waals surface area contributed by atoms with Gasteiger partial charge in [-0.25, -0.2) is 9.97 Å². The van der Waals surface area contributed by atoms with Crippen molar-refractivity contribution in [1.82, 2.24) is 35.0 Å². The van der Waals surface area contributed by atoms with Crippen LogP contribution in [0.5, 0.6) is 5.75 Å². The smallest absolute Gasteiger partial charge is 0.255 e.